The molecule has 0 heterocycles. The summed E-state index contributed by atoms with van der Waals surface area (Å²) >= 11 is 0. The number of esters is 2. The van der Waals surface area contributed by atoms with Crippen molar-refractivity contribution >= 4 is 17.7 Å². The van der Waals surface area contributed by atoms with Crippen molar-refractivity contribution in [3.05, 3.63) is 12.2 Å². The summed E-state index contributed by atoms with van der Waals surface area (Å²) < 4.78 is 4.43. The van der Waals surface area contributed by atoms with Crippen LogP contribution in [0.25, 0.3) is 0 Å². The van der Waals surface area contributed by atoms with E-state index >= 15 is 0 Å². The van der Waals surface area contributed by atoms with Gasteiger partial charge in [0, 0.05) is 5.57 Å². The highest BCUT2D eigenvalue weighted by Crippen LogP contribution is 2.08. The molecule has 1 atom stereocenters. The zero-order valence-electron chi connectivity index (χ0n) is 8.62. The van der Waals surface area contributed by atoms with E-state index in [0.717, 1.165) is 0 Å². The first-order valence-corrected chi connectivity index (χ1v) is 4.32. The molecule has 14 heavy (non-hydrogen) atoms. The Labute approximate surface area is 82.9 Å². The molecule has 0 aromatic carbocycles. The van der Waals surface area contributed by atoms with E-state index in [1.807, 2.05) is 0 Å². The minimum absolute atomic E-state index is 0.136. The quantitative estimate of drug-likeness (QED) is 0.387. The lowest BCUT2D eigenvalue weighted by atomic mass is 10.0. The SMILES string of the molecule is C=C(C)C(=O)OC(=O)C(CC)C(C)=O. The summed E-state index contributed by atoms with van der Waals surface area (Å²) in [5.41, 5.74) is 0.136. The average Bonchev–Trinajstić information content (AvgIpc) is 2.04. The van der Waals surface area contributed by atoms with Gasteiger partial charge in [0.15, 0.2) is 0 Å². The topological polar surface area (TPSA) is 60.4 Å². The van der Waals surface area contributed by atoms with Gasteiger partial charge >= 0.3 is 11.9 Å². The fourth-order valence-electron chi connectivity index (χ4n) is 0.870. The maximum Gasteiger partial charge on any atom is 0.340 e. The Morgan fingerprint density at radius 1 is 1.29 bits per heavy atom. The predicted molar refractivity (Wildman–Crippen MR) is 50.4 cm³/mol. The van der Waals surface area contributed by atoms with Gasteiger partial charge in [0.1, 0.15) is 11.7 Å². The molecule has 0 radical (unpaired) electrons. The highest BCUT2D eigenvalue weighted by atomic mass is 16.6. The number of carbonyl (C=O) groups excluding carboxylic acids is 3. The molecule has 0 aromatic heterocycles. The molecule has 0 saturated heterocycles. The Morgan fingerprint density at radius 2 is 1.79 bits per heavy atom. The van der Waals surface area contributed by atoms with Crippen LogP contribution in [-0.2, 0) is 19.1 Å². The highest BCUT2D eigenvalue weighted by molar-refractivity contribution is 6.03. The van der Waals surface area contributed by atoms with E-state index in [2.05, 4.69) is 11.3 Å². The lowest BCUT2D eigenvalue weighted by molar-refractivity contribution is -0.161. The van der Waals surface area contributed by atoms with Crippen molar-refractivity contribution in [1.29, 1.82) is 0 Å². The summed E-state index contributed by atoms with van der Waals surface area (Å²) in [5, 5.41) is 0. The Hall–Kier alpha value is -1.45. The van der Waals surface area contributed by atoms with Crippen molar-refractivity contribution in [3.8, 4) is 0 Å². The third kappa shape index (κ3) is 3.51. The van der Waals surface area contributed by atoms with Gasteiger partial charge < -0.3 is 4.74 Å². The molecule has 4 heteroatoms. The van der Waals surface area contributed by atoms with Gasteiger partial charge in [0.25, 0.3) is 0 Å². The van der Waals surface area contributed by atoms with E-state index in [-0.39, 0.29) is 11.4 Å². The number of carbonyl (C=O) groups is 3. The molecule has 0 saturated carbocycles. The molecule has 1 unspecified atom stereocenters. The second kappa shape index (κ2) is 5.32. The van der Waals surface area contributed by atoms with Crippen molar-refractivity contribution in [3.63, 3.8) is 0 Å². The summed E-state index contributed by atoms with van der Waals surface area (Å²) in [6.07, 6.45) is 0.331. The van der Waals surface area contributed by atoms with Gasteiger partial charge in [-0.25, -0.2) is 4.79 Å². The van der Waals surface area contributed by atoms with Crippen molar-refractivity contribution in [2.45, 2.75) is 27.2 Å². The minimum Gasteiger partial charge on any atom is -0.389 e. The smallest absolute Gasteiger partial charge is 0.340 e. The molecule has 0 aliphatic rings. The van der Waals surface area contributed by atoms with Crippen molar-refractivity contribution in [2.24, 2.45) is 5.92 Å². The second-order valence-corrected chi connectivity index (χ2v) is 3.06. The van der Waals surface area contributed by atoms with Crippen LogP contribution in [-0.4, -0.2) is 17.7 Å². The summed E-state index contributed by atoms with van der Waals surface area (Å²) in [6, 6.07) is 0. The number of hydrogen-bond donors (Lipinski definition) is 0. The molecule has 78 valence electrons. The largest absolute Gasteiger partial charge is 0.389 e. The van der Waals surface area contributed by atoms with E-state index in [1.165, 1.54) is 13.8 Å². The predicted octanol–water partition coefficient (Wildman–Crippen LogP) is 1.25. The Kier molecular flexibility index (Phi) is 4.77. The maximum atomic E-state index is 11.2. The lowest BCUT2D eigenvalue weighted by Gasteiger charge is -2.09. The van der Waals surface area contributed by atoms with Crippen molar-refractivity contribution in [2.75, 3.05) is 0 Å². The number of rotatable bonds is 4. The van der Waals surface area contributed by atoms with Crippen LogP contribution in [0.3, 0.4) is 0 Å². The van der Waals surface area contributed by atoms with Gasteiger partial charge in [0.2, 0.25) is 0 Å². The first kappa shape index (κ1) is 12.6. The number of ketones is 1. The van der Waals surface area contributed by atoms with E-state index in [9.17, 15) is 14.4 Å². The Bertz CT molecular complexity index is 278. The number of ether oxygens (including phenoxy) is 1. The lowest BCUT2D eigenvalue weighted by Crippen LogP contribution is -2.26. The van der Waals surface area contributed by atoms with Crippen LogP contribution in [0.1, 0.15) is 27.2 Å². The van der Waals surface area contributed by atoms with Crippen LogP contribution >= 0.6 is 0 Å². The summed E-state index contributed by atoms with van der Waals surface area (Å²) in [7, 11) is 0. The Morgan fingerprint density at radius 3 is 2.07 bits per heavy atom. The minimum atomic E-state index is -0.849. The molecule has 0 aliphatic heterocycles. The van der Waals surface area contributed by atoms with Gasteiger partial charge in [-0.3, -0.25) is 9.59 Å². The zero-order chi connectivity index (χ0) is 11.3. The van der Waals surface area contributed by atoms with Gasteiger partial charge in [0.05, 0.1) is 0 Å². The molecule has 0 N–H and O–H groups in total. The van der Waals surface area contributed by atoms with Gasteiger partial charge in [-0.05, 0) is 20.3 Å². The molecule has 0 amide bonds. The Balaban J connectivity index is 4.40. The maximum absolute atomic E-state index is 11.2. The summed E-state index contributed by atoms with van der Waals surface area (Å²) in [5.74, 6) is -2.73. The molecule has 0 aromatic rings. The van der Waals surface area contributed by atoms with Gasteiger partial charge in [-0.2, -0.15) is 0 Å². The first-order valence-electron chi connectivity index (χ1n) is 4.32. The van der Waals surface area contributed by atoms with Crippen LogP contribution < -0.4 is 0 Å². The number of hydrogen-bond acceptors (Lipinski definition) is 4. The molecule has 0 spiro atoms. The van der Waals surface area contributed by atoms with E-state index in [0.29, 0.717) is 6.42 Å². The third-order valence-corrected chi connectivity index (χ3v) is 1.73. The molecule has 4 nitrogen and oxygen atoms in total. The second-order valence-electron chi connectivity index (χ2n) is 3.06. The van der Waals surface area contributed by atoms with Crippen LogP contribution in [0, 0.1) is 5.92 Å². The molecule has 0 aliphatic carbocycles. The van der Waals surface area contributed by atoms with Crippen LogP contribution in [0.2, 0.25) is 0 Å². The first-order chi connectivity index (χ1) is 6.40. The monoisotopic (exact) mass is 198 g/mol. The van der Waals surface area contributed by atoms with Crippen LogP contribution in [0.4, 0.5) is 0 Å². The fourth-order valence-corrected chi connectivity index (χ4v) is 0.870. The van der Waals surface area contributed by atoms with Crippen molar-refractivity contribution in [1.82, 2.24) is 0 Å². The third-order valence-electron chi connectivity index (χ3n) is 1.73. The fraction of sp³-hybridized carbons (Fsp3) is 0.500. The van der Waals surface area contributed by atoms with E-state index < -0.39 is 17.9 Å². The van der Waals surface area contributed by atoms with Gasteiger partial charge in [-0.15, -0.1) is 0 Å². The summed E-state index contributed by atoms with van der Waals surface area (Å²) in [6.45, 7) is 7.73. The van der Waals surface area contributed by atoms with Crippen molar-refractivity contribution < 1.29 is 19.1 Å². The van der Waals surface area contributed by atoms with E-state index in [1.54, 1.807) is 6.92 Å². The molecular formula is C10H14O4. The molecule has 0 bridgehead atoms. The average molecular weight is 198 g/mol. The summed E-state index contributed by atoms with van der Waals surface area (Å²) in [4.78, 5) is 33.1. The highest BCUT2D eigenvalue weighted by Gasteiger charge is 2.25. The molecule has 0 rings (SSSR count). The van der Waals surface area contributed by atoms with Gasteiger partial charge in [-0.1, -0.05) is 13.5 Å². The van der Waals surface area contributed by atoms with Crippen LogP contribution in [0.5, 0.6) is 0 Å². The van der Waals surface area contributed by atoms with Crippen LogP contribution in [0.15, 0.2) is 12.2 Å². The standard InChI is InChI=1S/C10H14O4/c1-5-8(7(4)11)10(13)14-9(12)6(2)3/h8H,2,5H2,1,3-4H3. The van der Waals surface area contributed by atoms with E-state index in [4.69, 9.17) is 0 Å². The zero-order valence-corrected chi connectivity index (χ0v) is 8.62. The normalized spacial score (nSPS) is 11.6. The number of Topliss-reactive ketones (excluding diaryl/α,β-unsaturated/α-hetero) is 1. The molecule has 0 fully saturated rings. The molecular weight excluding hydrogens is 184 g/mol.